The van der Waals surface area contributed by atoms with Crippen LogP contribution in [0.3, 0.4) is 0 Å². The van der Waals surface area contributed by atoms with Crippen LogP contribution in [0.1, 0.15) is 12.8 Å². The van der Waals surface area contributed by atoms with Crippen molar-refractivity contribution in [1.82, 2.24) is 25.2 Å². The number of aromatic nitrogens is 5. The Morgan fingerprint density at radius 1 is 1.29 bits per heavy atom. The van der Waals surface area contributed by atoms with E-state index in [1.165, 1.54) is 6.07 Å². The first kappa shape index (κ1) is 11.6. The molecule has 0 atom stereocenters. The van der Waals surface area contributed by atoms with Crippen LogP contribution in [-0.4, -0.2) is 31.7 Å². The average molecular weight is 236 g/mol. The lowest BCUT2D eigenvalue weighted by molar-refractivity contribution is 0.547. The molecule has 2 aromatic heterocycles. The van der Waals surface area contributed by atoms with Crippen molar-refractivity contribution in [1.29, 1.82) is 0 Å². The SMILES string of the molecule is NCCCCn1nnnc1-c1ccc(F)cn1. The van der Waals surface area contributed by atoms with Crippen molar-refractivity contribution in [3.63, 3.8) is 0 Å². The van der Waals surface area contributed by atoms with Gasteiger partial charge in [-0.15, -0.1) is 5.10 Å². The van der Waals surface area contributed by atoms with Gasteiger partial charge in [-0.2, -0.15) is 0 Å². The van der Waals surface area contributed by atoms with Gasteiger partial charge in [0.25, 0.3) is 0 Å². The summed E-state index contributed by atoms with van der Waals surface area (Å²) in [5.41, 5.74) is 5.98. The van der Waals surface area contributed by atoms with Crippen LogP contribution in [0.25, 0.3) is 11.5 Å². The molecule has 7 heteroatoms. The molecule has 0 amide bonds. The number of halogens is 1. The van der Waals surface area contributed by atoms with Crippen molar-refractivity contribution in [3.8, 4) is 11.5 Å². The molecule has 0 aliphatic heterocycles. The third kappa shape index (κ3) is 2.82. The van der Waals surface area contributed by atoms with Gasteiger partial charge in [0.05, 0.1) is 6.20 Å². The standard InChI is InChI=1S/C10H13FN6/c11-8-3-4-9(13-7-8)10-14-15-16-17(10)6-2-1-5-12/h3-4,7H,1-2,5-6,12H2. The fourth-order valence-corrected chi connectivity index (χ4v) is 1.45. The second kappa shape index (κ2) is 5.44. The van der Waals surface area contributed by atoms with E-state index in [9.17, 15) is 4.39 Å². The van der Waals surface area contributed by atoms with Crippen LogP contribution in [0.15, 0.2) is 18.3 Å². The molecule has 0 aromatic carbocycles. The molecule has 6 nitrogen and oxygen atoms in total. The number of tetrazole rings is 1. The van der Waals surface area contributed by atoms with Crippen LogP contribution in [-0.2, 0) is 6.54 Å². The maximum atomic E-state index is 12.7. The van der Waals surface area contributed by atoms with Gasteiger partial charge in [-0.25, -0.2) is 14.1 Å². The van der Waals surface area contributed by atoms with Crippen LogP contribution in [0, 0.1) is 5.82 Å². The first-order valence-corrected chi connectivity index (χ1v) is 5.39. The summed E-state index contributed by atoms with van der Waals surface area (Å²) in [4.78, 5) is 3.95. The molecular formula is C10H13FN6. The maximum absolute atomic E-state index is 12.7. The molecule has 0 bridgehead atoms. The third-order valence-corrected chi connectivity index (χ3v) is 2.31. The smallest absolute Gasteiger partial charge is 0.200 e. The van der Waals surface area contributed by atoms with Gasteiger partial charge in [0, 0.05) is 6.54 Å². The van der Waals surface area contributed by atoms with Gasteiger partial charge in [-0.1, -0.05) is 0 Å². The number of pyridine rings is 1. The van der Waals surface area contributed by atoms with E-state index < -0.39 is 0 Å². The largest absolute Gasteiger partial charge is 0.330 e. The Bertz CT molecular complexity index is 466. The summed E-state index contributed by atoms with van der Waals surface area (Å²) in [6.45, 7) is 1.32. The lowest BCUT2D eigenvalue weighted by Gasteiger charge is -2.03. The van der Waals surface area contributed by atoms with Gasteiger partial charge >= 0.3 is 0 Å². The fourth-order valence-electron chi connectivity index (χ4n) is 1.45. The van der Waals surface area contributed by atoms with Gasteiger partial charge in [0.15, 0.2) is 0 Å². The van der Waals surface area contributed by atoms with Crippen molar-refractivity contribution in [2.75, 3.05) is 6.54 Å². The van der Waals surface area contributed by atoms with Crippen molar-refractivity contribution in [3.05, 3.63) is 24.1 Å². The summed E-state index contributed by atoms with van der Waals surface area (Å²) < 4.78 is 14.4. The first-order chi connectivity index (χ1) is 8.31. The number of hydrogen-bond donors (Lipinski definition) is 1. The predicted octanol–water partition coefficient (Wildman–Crippen LogP) is 0.613. The Labute approximate surface area is 97.7 Å². The Morgan fingerprint density at radius 2 is 2.18 bits per heavy atom. The highest BCUT2D eigenvalue weighted by atomic mass is 19.1. The van der Waals surface area contributed by atoms with E-state index in [0.717, 1.165) is 19.0 Å². The van der Waals surface area contributed by atoms with E-state index in [1.807, 2.05) is 0 Å². The summed E-state index contributed by atoms with van der Waals surface area (Å²) in [5.74, 6) is 0.165. The molecule has 2 N–H and O–H groups in total. The molecule has 2 heterocycles. The zero-order valence-electron chi connectivity index (χ0n) is 9.25. The van der Waals surface area contributed by atoms with Gasteiger partial charge in [-0.05, 0) is 41.9 Å². The minimum atomic E-state index is -0.379. The fraction of sp³-hybridized carbons (Fsp3) is 0.400. The average Bonchev–Trinajstić information content (AvgIpc) is 2.79. The number of hydrogen-bond acceptors (Lipinski definition) is 5. The molecule has 2 aromatic rings. The molecule has 17 heavy (non-hydrogen) atoms. The molecule has 0 spiro atoms. The Kier molecular flexibility index (Phi) is 3.71. The van der Waals surface area contributed by atoms with E-state index in [4.69, 9.17) is 5.73 Å². The minimum absolute atomic E-state index is 0.379. The summed E-state index contributed by atoms with van der Waals surface area (Å²) in [7, 11) is 0. The molecular weight excluding hydrogens is 223 g/mol. The van der Waals surface area contributed by atoms with Crippen LogP contribution < -0.4 is 5.73 Å². The van der Waals surface area contributed by atoms with E-state index >= 15 is 0 Å². The zero-order chi connectivity index (χ0) is 12.1. The quantitative estimate of drug-likeness (QED) is 0.769. The molecule has 0 saturated carbocycles. The number of nitrogens with two attached hydrogens (primary N) is 1. The van der Waals surface area contributed by atoms with Crippen LogP contribution in [0.4, 0.5) is 4.39 Å². The van der Waals surface area contributed by atoms with Crippen LogP contribution >= 0.6 is 0 Å². The summed E-state index contributed by atoms with van der Waals surface area (Å²) in [6.07, 6.45) is 2.96. The van der Waals surface area contributed by atoms with E-state index in [1.54, 1.807) is 10.7 Å². The monoisotopic (exact) mass is 236 g/mol. The zero-order valence-corrected chi connectivity index (χ0v) is 9.25. The van der Waals surface area contributed by atoms with Crippen molar-refractivity contribution < 1.29 is 4.39 Å². The van der Waals surface area contributed by atoms with E-state index in [2.05, 4.69) is 20.5 Å². The second-order valence-corrected chi connectivity index (χ2v) is 3.58. The number of unbranched alkanes of at least 4 members (excludes halogenated alkanes) is 1. The topological polar surface area (TPSA) is 82.5 Å². The summed E-state index contributed by atoms with van der Waals surface area (Å²) in [6, 6.07) is 2.89. The van der Waals surface area contributed by atoms with Crippen LogP contribution in [0.2, 0.25) is 0 Å². The predicted molar refractivity (Wildman–Crippen MR) is 59.3 cm³/mol. The van der Waals surface area contributed by atoms with Gasteiger partial charge in [0.2, 0.25) is 5.82 Å². The normalized spacial score (nSPS) is 10.7. The summed E-state index contributed by atoms with van der Waals surface area (Å²) in [5, 5.41) is 11.3. The molecule has 90 valence electrons. The Hall–Kier alpha value is -1.89. The van der Waals surface area contributed by atoms with Gasteiger partial charge < -0.3 is 5.73 Å². The lowest BCUT2D eigenvalue weighted by atomic mass is 10.3. The highest BCUT2D eigenvalue weighted by Crippen LogP contribution is 2.13. The first-order valence-electron chi connectivity index (χ1n) is 5.39. The molecule has 0 saturated heterocycles. The number of aryl methyl sites for hydroxylation is 1. The Morgan fingerprint density at radius 3 is 2.88 bits per heavy atom. The highest BCUT2D eigenvalue weighted by Gasteiger charge is 2.09. The molecule has 0 unspecified atom stereocenters. The molecule has 0 aliphatic rings. The van der Waals surface area contributed by atoms with Crippen molar-refractivity contribution in [2.45, 2.75) is 19.4 Å². The minimum Gasteiger partial charge on any atom is -0.330 e. The molecule has 2 rings (SSSR count). The van der Waals surface area contributed by atoms with Crippen molar-refractivity contribution >= 4 is 0 Å². The van der Waals surface area contributed by atoms with Gasteiger partial charge in [0.1, 0.15) is 11.5 Å². The highest BCUT2D eigenvalue weighted by molar-refractivity contribution is 5.47. The lowest BCUT2D eigenvalue weighted by Crippen LogP contribution is -2.06. The Balaban J connectivity index is 2.15. The molecule has 0 radical (unpaired) electrons. The number of nitrogens with zero attached hydrogens (tertiary/aromatic N) is 5. The number of rotatable bonds is 5. The van der Waals surface area contributed by atoms with Gasteiger partial charge in [-0.3, -0.25) is 0 Å². The van der Waals surface area contributed by atoms with Crippen molar-refractivity contribution in [2.24, 2.45) is 5.73 Å². The maximum Gasteiger partial charge on any atom is 0.200 e. The third-order valence-electron chi connectivity index (χ3n) is 2.31. The van der Waals surface area contributed by atoms with E-state index in [0.29, 0.717) is 24.6 Å². The van der Waals surface area contributed by atoms with E-state index in [-0.39, 0.29) is 5.82 Å². The molecule has 0 fully saturated rings. The van der Waals surface area contributed by atoms with Crippen LogP contribution in [0.5, 0.6) is 0 Å². The molecule has 0 aliphatic carbocycles. The second-order valence-electron chi connectivity index (χ2n) is 3.58. The summed E-state index contributed by atoms with van der Waals surface area (Å²) >= 11 is 0.